The van der Waals surface area contributed by atoms with Crippen LogP contribution >= 0.6 is 0 Å². The maximum Gasteiger partial charge on any atom is 0.320 e. The third kappa shape index (κ3) is 2.68. The summed E-state index contributed by atoms with van der Waals surface area (Å²) >= 11 is 0. The molecule has 1 rings (SSSR count). The zero-order valence-electron chi connectivity index (χ0n) is 10.2. The second kappa shape index (κ2) is 5.05. The van der Waals surface area contributed by atoms with Crippen LogP contribution in [0.1, 0.15) is 16.7 Å². The van der Waals surface area contributed by atoms with Gasteiger partial charge in [0.15, 0.2) is 11.5 Å². The highest BCUT2D eigenvalue weighted by atomic mass is 16.5. The summed E-state index contributed by atoms with van der Waals surface area (Å²) in [6.45, 7) is 3.61. The van der Waals surface area contributed by atoms with Crippen LogP contribution in [0.5, 0.6) is 11.5 Å². The Bertz CT molecular complexity index is 443. The highest BCUT2D eigenvalue weighted by Crippen LogP contribution is 2.36. The molecule has 1 aromatic rings. The van der Waals surface area contributed by atoms with Gasteiger partial charge in [-0.05, 0) is 25.0 Å². The number of carboxylic acids is 1. The minimum absolute atomic E-state index is 0.0262. The number of hydrogen-bond donors (Lipinski definition) is 3. The molecule has 4 N–H and O–H groups in total. The van der Waals surface area contributed by atoms with Crippen molar-refractivity contribution in [3.8, 4) is 11.5 Å². The molecule has 0 aliphatic rings. The third-order valence-electron chi connectivity index (χ3n) is 2.71. The number of carboxylic acid groups (broad SMARTS) is 1. The summed E-state index contributed by atoms with van der Waals surface area (Å²) in [6, 6.07) is 0.801. The zero-order chi connectivity index (χ0) is 13.2. The predicted octanol–water partition coefficient (Wildman–Crippen LogP) is 0.972. The van der Waals surface area contributed by atoms with Crippen LogP contribution in [0.3, 0.4) is 0 Å². The smallest absolute Gasteiger partial charge is 0.320 e. The quantitative estimate of drug-likeness (QED) is 0.728. The van der Waals surface area contributed by atoms with Gasteiger partial charge in [-0.25, -0.2) is 0 Å². The fraction of sp³-hybridized carbons (Fsp3) is 0.417. The Kier molecular flexibility index (Phi) is 3.96. The predicted molar refractivity (Wildman–Crippen MR) is 63.4 cm³/mol. The number of carbonyl (C=O) groups is 1. The average molecular weight is 239 g/mol. The van der Waals surface area contributed by atoms with E-state index in [0.717, 1.165) is 11.1 Å². The van der Waals surface area contributed by atoms with Gasteiger partial charge in [0, 0.05) is 12.0 Å². The summed E-state index contributed by atoms with van der Waals surface area (Å²) in [5.74, 6) is -0.756. The van der Waals surface area contributed by atoms with Gasteiger partial charge in [0.25, 0.3) is 0 Å². The summed E-state index contributed by atoms with van der Waals surface area (Å²) in [7, 11) is 1.46. The fourth-order valence-corrected chi connectivity index (χ4v) is 1.81. The van der Waals surface area contributed by atoms with E-state index >= 15 is 0 Å². The molecular formula is C12H17NO4. The van der Waals surface area contributed by atoms with Gasteiger partial charge in [0.2, 0.25) is 0 Å². The van der Waals surface area contributed by atoms with Crippen molar-refractivity contribution in [2.75, 3.05) is 7.11 Å². The molecule has 5 nitrogen and oxygen atoms in total. The summed E-state index contributed by atoms with van der Waals surface area (Å²) in [4.78, 5) is 10.7. The molecule has 0 bridgehead atoms. The standard InChI is InChI=1S/C12H17NO4/c1-6-4-7(2)11(17-3)10(14)8(6)5-9(13)12(15)16/h4,9,14H,5,13H2,1-3H3,(H,15,16). The number of phenols is 1. The molecule has 0 aliphatic carbocycles. The van der Waals surface area contributed by atoms with Crippen LogP contribution in [0.25, 0.3) is 0 Å². The topological polar surface area (TPSA) is 92.8 Å². The molecule has 94 valence electrons. The Labute approximate surface area is 99.8 Å². The van der Waals surface area contributed by atoms with E-state index in [0.29, 0.717) is 11.3 Å². The number of hydrogen-bond acceptors (Lipinski definition) is 4. The van der Waals surface area contributed by atoms with Crippen LogP contribution in [-0.4, -0.2) is 29.3 Å². The first-order valence-electron chi connectivity index (χ1n) is 5.22. The minimum atomic E-state index is -1.09. The molecule has 1 atom stereocenters. The van der Waals surface area contributed by atoms with Crippen LogP contribution in [0, 0.1) is 13.8 Å². The monoisotopic (exact) mass is 239 g/mol. The van der Waals surface area contributed by atoms with Gasteiger partial charge in [-0.1, -0.05) is 6.07 Å². The lowest BCUT2D eigenvalue weighted by Crippen LogP contribution is -2.32. The van der Waals surface area contributed by atoms with Crippen molar-refractivity contribution in [2.45, 2.75) is 26.3 Å². The van der Waals surface area contributed by atoms with Gasteiger partial charge in [0.1, 0.15) is 6.04 Å². The van der Waals surface area contributed by atoms with E-state index in [-0.39, 0.29) is 12.2 Å². The van der Waals surface area contributed by atoms with Crippen LogP contribution in [0.2, 0.25) is 0 Å². The highest BCUT2D eigenvalue weighted by molar-refractivity contribution is 5.74. The van der Waals surface area contributed by atoms with Crippen LogP contribution in [0.15, 0.2) is 6.07 Å². The molecule has 0 radical (unpaired) electrons. The molecule has 0 fully saturated rings. The number of ether oxygens (including phenoxy) is 1. The number of aliphatic carboxylic acids is 1. The molecule has 0 aliphatic heterocycles. The van der Waals surface area contributed by atoms with Crippen molar-refractivity contribution in [3.63, 3.8) is 0 Å². The first kappa shape index (κ1) is 13.3. The Morgan fingerprint density at radius 1 is 1.47 bits per heavy atom. The Morgan fingerprint density at radius 3 is 2.53 bits per heavy atom. The largest absolute Gasteiger partial charge is 0.504 e. The summed E-state index contributed by atoms with van der Waals surface area (Å²) in [6.07, 6.45) is 0.0731. The second-order valence-electron chi connectivity index (χ2n) is 4.02. The number of benzene rings is 1. The van der Waals surface area contributed by atoms with Gasteiger partial charge in [-0.2, -0.15) is 0 Å². The molecular weight excluding hydrogens is 222 g/mol. The summed E-state index contributed by atoms with van der Waals surface area (Å²) < 4.78 is 5.08. The van der Waals surface area contributed by atoms with Gasteiger partial charge in [-0.3, -0.25) is 4.79 Å². The maximum absolute atomic E-state index is 10.7. The minimum Gasteiger partial charge on any atom is -0.504 e. The molecule has 5 heteroatoms. The van der Waals surface area contributed by atoms with Crippen molar-refractivity contribution < 1.29 is 19.7 Å². The van der Waals surface area contributed by atoms with E-state index in [4.69, 9.17) is 15.6 Å². The molecule has 1 unspecified atom stereocenters. The lowest BCUT2D eigenvalue weighted by molar-refractivity contribution is -0.138. The van der Waals surface area contributed by atoms with Gasteiger partial charge >= 0.3 is 5.97 Å². The molecule has 0 saturated heterocycles. The van der Waals surface area contributed by atoms with Crippen molar-refractivity contribution in [3.05, 3.63) is 22.8 Å². The van der Waals surface area contributed by atoms with Gasteiger partial charge in [0.05, 0.1) is 7.11 Å². The van der Waals surface area contributed by atoms with E-state index in [1.54, 1.807) is 6.92 Å². The van der Waals surface area contributed by atoms with Crippen molar-refractivity contribution in [1.82, 2.24) is 0 Å². The second-order valence-corrected chi connectivity index (χ2v) is 4.02. The number of phenolic OH excluding ortho intramolecular Hbond substituents is 1. The first-order chi connectivity index (χ1) is 7.88. The molecule has 0 saturated carbocycles. The number of nitrogens with two attached hydrogens (primary N) is 1. The summed E-state index contributed by atoms with van der Waals surface area (Å²) in [5, 5.41) is 18.8. The maximum atomic E-state index is 10.7. The number of methoxy groups -OCH3 is 1. The van der Waals surface area contributed by atoms with E-state index in [1.807, 2.05) is 13.0 Å². The van der Waals surface area contributed by atoms with E-state index in [2.05, 4.69) is 0 Å². The number of aromatic hydroxyl groups is 1. The van der Waals surface area contributed by atoms with Crippen LogP contribution < -0.4 is 10.5 Å². The van der Waals surface area contributed by atoms with Crippen LogP contribution in [-0.2, 0) is 11.2 Å². The number of aryl methyl sites for hydroxylation is 2. The lowest BCUT2D eigenvalue weighted by Gasteiger charge is -2.16. The SMILES string of the molecule is COc1c(C)cc(C)c(CC(N)C(=O)O)c1O. The zero-order valence-corrected chi connectivity index (χ0v) is 10.2. The summed E-state index contributed by atoms with van der Waals surface area (Å²) in [5.41, 5.74) is 7.58. The number of rotatable bonds is 4. The van der Waals surface area contributed by atoms with E-state index < -0.39 is 12.0 Å². The van der Waals surface area contributed by atoms with Crippen LogP contribution in [0.4, 0.5) is 0 Å². The third-order valence-corrected chi connectivity index (χ3v) is 2.71. The van der Waals surface area contributed by atoms with E-state index in [9.17, 15) is 9.90 Å². The first-order valence-corrected chi connectivity index (χ1v) is 5.22. The highest BCUT2D eigenvalue weighted by Gasteiger charge is 2.19. The van der Waals surface area contributed by atoms with Crippen molar-refractivity contribution in [2.24, 2.45) is 5.73 Å². The molecule has 0 amide bonds. The Balaban J connectivity index is 3.20. The van der Waals surface area contributed by atoms with Gasteiger partial charge < -0.3 is 20.7 Å². The average Bonchev–Trinajstić information content (AvgIpc) is 2.24. The Morgan fingerprint density at radius 2 is 2.06 bits per heavy atom. The van der Waals surface area contributed by atoms with E-state index in [1.165, 1.54) is 7.11 Å². The Hall–Kier alpha value is -1.75. The molecule has 0 heterocycles. The van der Waals surface area contributed by atoms with Crippen molar-refractivity contribution >= 4 is 5.97 Å². The van der Waals surface area contributed by atoms with Crippen molar-refractivity contribution in [1.29, 1.82) is 0 Å². The fourth-order valence-electron chi connectivity index (χ4n) is 1.81. The normalized spacial score (nSPS) is 12.2. The molecule has 0 aromatic heterocycles. The molecule has 0 spiro atoms. The molecule has 1 aromatic carbocycles. The molecule has 17 heavy (non-hydrogen) atoms. The lowest BCUT2D eigenvalue weighted by atomic mass is 9.97. The van der Waals surface area contributed by atoms with Gasteiger partial charge in [-0.15, -0.1) is 0 Å².